The molecule has 0 aliphatic heterocycles. The second kappa shape index (κ2) is 6.01. The lowest BCUT2D eigenvalue weighted by atomic mass is 10.2. The first-order chi connectivity index (χ1) is 9.40. The lowest BCUT2D eigenvalue weighted by molar-refractivity contribution is 0.601. The van der Waals surface area contributed by atoms with Gasteiger partial charge in [0, 0.05) is 16.6 Å². The summed E-state index contributed by atoms with van der Waals surface area (Å²) >= 11 is 11.7. The molecule has 0 unspecified atom stereocenters. The van der Waals surface area contributed by atoms with Crippen LogP contribution in [0.3, 0.4) is 0 Å². The Bertz CT molecular complexity index is 713. The Morgan fingerprint density at radius 3 is 2.30 bits per heavy atom. The predicted molar refractivity (Wildman–Crippen MR) is 81.6 cm³/mol. The number of sulfonamides is 1. The molecule has 2 rings (SSSR count). The van der Waals surface area contributed by atoms with Gasteiger partial charge in [0.2, 0.25) is 0 Å². The van der Waals surface area contributed by atoms with Gasteiger partial charge in [0.1, 0.15) is 0 Å². The van der Waals surface area contributed by atoms with Gasteiger partial charge in [-0.3, -0.25) is 4.72 Å². The van der Waals surface area contributed by atoms with Gasteiger partial charge < -0.3 is 5.73 Å². The molecular weight excluding hydrogens is 319 g/mol. The highest BCUT2D eigenvalue weighted by atomic mass is 35.5. The second-order valence-electron chi connectivity index (χ2n) is 4.12. The Labute approximate surface area is 127 Å². The molecule has 2 aromatic carbocycles. The minimum atomic E-state index is -3.70. The van der Waals surface area contributed by atoms with Crippen molar-refractivity contribution in [2.45, 2.75) is 11.4 Å². The molecule has 0 saturated carbocycles. The maximum Gasteiger partial charge on any atom is 0.261 e. The van der Waals surface area contributed by atoms with Crippen molar-refractivity contribution >= 4 is 38.9 Å². The number of halogens is 2. The minimum Gasteiger partial charge on any atom is -0.326 e. The van der Waals surface area contributed by atoms with E-state index in [0.717, 1.165) is 5.56 Å². The summed E-state index contributed by atoms with van der Waals surface area (Å²) < 4.78 is 26.9. The zero-order valence-electron chi connectivity index (χ0n) is 10.3. The van der Waals surface area contributed by atoms with Gasteiger partial charge in [-0.05, 0) is 35.9 Å². The summed E-state index contributed by atoms with van der Waals surface area (Å²) in [4.78, 5) is 0.136. The Morgan fingerprint density at radius 1 is 1.05 bits per heavy atom. The number of benzene rings is 2. The summed E-state index contributed by atoms with van der Waals surface area (Å²) in [5.74, 6) is 0. The van der Waals surface area contributed by atoms with E-state index in [1.807, 2.05) is 0 Å². The Morgan fingerprint density at radius 2 is 1.70 bits per heavy atom. The first-order valence-electron chi connectivity index (χ1n) is 5.68. The summed E-state index contributed by atoms with van der Waals surface area (Å²) in [6.07, 6.45) is 0. The molecule has 0 aromatic heterocycles. The van der Waals surface area contributed by atoms with Gasteiger partial charge in [0.05, 0.1) is 10.6 Å². The molecule has 0 aliphatic rings. The topological polar surface area (TPSA) is 72.2 Å². The Kier molecular flexibility index (Phi) is 4.55. The van der Waals surface area contributed by atoms with Crippen LogP contribution in [0, 0.1) is 0 Å². The van der Waals surface area contributed by atoms with E-state index in [4.69, 9.17) is 28.9 Å². The van der Waals surface area contributed by atoms with E-state index in [9.17, 15) is 8.42 Å². The third-order valence-electron chi connectivity index (χ3n) is 2.56. The highest BCUT2D eigenvalue weighted by Crippen LogP contribution is 2.24. The van der Waals surface area contributed by atoms with Crippen LogP contribution < -0.4 is 10.5 Å². The van der Waals surface area contributed by atoms with Gasteiger partial charge in [-0.25, -0.2) is 8.42 Å². The van der Waals surface area contributed by atoms with Gasteiger partial charge in [-0.15, -0.1) is 0 Å². The lowest BCUT2D eigenvalue weighted by Crippen LogP contribution is -2.13. The zero-order valence-corrected chi connectivity index (χ0v) is 12.6. The summed E-state index contributed by atoms with van der Waals surface area (Å²) in [5, 5.41) is 0.705. The first-order valence-corrected chi connectivity index (χ1v) is 7.92. The van der Waals surface area contributed by atoms with Crippen molar-refractivity contribution in [1.82, 2.24) is 0 Å². The summed E-state index contributed by atoms with van der Waals surface area (Å²) in [6, 6.07) is 10.9. The molecule has 0 saturated heterocycles. The van der Waals surface area contributed by atoms with Crippen LogP contribution in [0.25, 0.3) is 0 Å². The average Bonchev–Trinajstić information content (AvgIpc) is 2.37. The average molecular weight is 331 g/mol. The number of hydrogen-bond donors (Lipinski definition) is 2. The second-order valence-corrected chi connectivity index (χ2v) is 6.67. The fourth-order valence-electron chi connectivity index (χ4n) is 1.67. The molecule has 2 aromatic rings. The quantitative estimate of drug-likeness (QED) is 0.903. The normalized spacial score (nSPS) is 11.3. The molecule has 0 fully saturated rings. The van der Waals surface area contributed by atoms with E-state index >= 15 is 0 Å². The molecular formula is C13H12Cl2N2O2S. The van der Waals surface area contributed by atoms with E-state index in [-0.39, 0.29) is 11.4 Å². The maximum atomic E-state index is 12.3. The van der Waals surface area contributed by atoms with Gasteiger partial charge in [-0.2, -0.15) is 0 Å². The standard InChI is InChI=1S/C13H12Cl2N2O2S/c14-10-5-11(15)7-12(6-10)17-20(18,19)13-3-1-2-9(4-13)8-16/h1-7,17H,8,16H2. The number of rotatable bonds is 4. The van der Waals surface area contributed by atoms with Crippen LogP contribution >= 0.6 is 23.2 Å². The predicted octanol–water partition coefficient (Wildman–Crippen LogP) is 3.25. The third kappa shape index (κ3) is 3.64. The van der Waals surface area contributed by atoms with E-state index in [1.54, 1.807) is 12.1 Å². The van der Waals surface area contributed by atoms with Crippen molar-refractivity contribution in [3.05, 3.63) is 58.1 Å². The van der Waals surface area contributed by atoms with Crippen LogP contribution in [0.4, 0.5) is 5.69 Å². The summed E-state index contributed by atoms with van der Waals surface area (Å²) in [5.41, 5.74) is 6.54. The smallest absolute Gasteiger partial charge is 0.261 e. The monoisotopic (exact) mass is 330 g/mol. The fourth-order valence-corrected chi connectivity index (χ4v) is 3.30. The van der Waals surface area contributed by atoms with Crippen LogP contribution in [0.2, 0.25) is 10.0 Å². The van der Waals surface area contributed by atoms with Crippen LogP contribution in [-0.2, 0) is 16.6 Å². The van der Waals surface area contributed by atoms with Crippen molar-refractivity contribution in [3.63, 3.8) is 0 Å². The van der Waals surface area contributed by atoms with Crippen LogP contribution in [0.15, 0.2) is 47.4 Å². The van der Waals surface area contributed by atoms with Gasteiger partial charge in [0.15, 0.2) is 0 Å². The third-order valence-corrected chi connectivity index (χ3v) is 4.37. The molecule has 0 radical (unpaired) electrons. The van der Waals surface area contributed by atoms with E-state index < -0.39 is 10.0 Å². The summed E-state index contributed by atoms with van der Waals surface area (Å²) in [6.45, 7) is 0.270. The number of nitrogens with one attached hydrogen (secondary N) is 1. The van der Waals surface area contributed by atoms with Gasteiger partial charge in [-0.1, -0.05) is 35.3 Å². The van der Waals surface area contributed by atoms with E-state index in [1.165, 1.54) is 30.3 Å². The highest BCUT2D eigenvalue weighted by Gasteiger charge is 2.15. The van der Waals surface area contributed by atoms with E-state index in [2.05, 4.69) is 4.72 Å². The van der Waals surface area contributed by atoms with Crippen molar-refractivity contribution < 1.29 is 8.42 Å². The van der Waals surface area contributed by atoms with Crippen molar-refractivity contribution in [1.29, 1.82) is 0 Å². The zero-order chi connectivity index (χ0) is 14.8. The molecule has 0 heterocycles. The van der Waals surface area contributed by atoms with E-state index in [0.29, 0.717) is 15.7 Å². The molecule has 0 bridgehead atoms. The largest absolute Gasteiger partial charge is 0.326 e. The van der Waals surface area contributed by atoms with Gasteiger partial charge >= 0.3 is 0 Å². The first kappa shape index (κ1) is 15.1. The van der Waals surface area contributed by atoms with Crippen LogP contribution in [0.5, 0.6) is 0 Å². The molecule has 3 N–H and O–H groups in total. The van der Waals surface area contributed by atoms with Crippen molar-refractivity contribution in [2.75, 3.05) is 4.72 Å². The molecule has 4 nitrogen and oxygen atoms in total. The maximum absolute atomic E-state index is 12.3. The number of nitrogens with two attached hydrogens (primary N) is 1. The van der Waals surface area contributed by atoms with Crippen LogP contribution in [0.1, 0.15) is 5.56 Å². The lowest BCUT2D eigenvalue weighted by Gasteiger charge is -2.09. The molecule has 0 spiro atoms. The number of anilines is 1. The highest BCUT2D eigenvalue weighted by molar-refractivity contribution is 7.92. The Hall–Kier alpha value is -1.27. The molecule has 106 valence electrons. The molecule has 0 atom stereocenters. The minimum absolute atomic E-state index is 0.136. The fraction of sp³-hybridized carbons (Fsp3) is 0.0769. The molecule has 7 heteroatoms. The van der Waals surface area contributed by atoms with Gasteiger partial charge in [0.25, 0.3) is 10.0 Å². The van der Waals surface area contributed by atoms with Crippen LogP contribution in [-0.4, -0.2) is 8.42 Å². The van der Waals surface area contributed by atoms with Crippen molar-refractivity contribution in [3.8, 4) is 0 Å². The summed E-state index contributed by atoms with van der Waals surface area (Å²) in [7, 11) is -3.70. The molecule has 20 heavy (non-hydrogen) atoms. The Balaban J connectivity index is 2.35. The molecule has 0 aliphatic carbocycles. The molecule has 0 amide bonds. The SMILES string of the molecule is NCc1cccc(S(=O)(=O)Nc2cc(Cl)cc(Cl)c2)c1. The van der Waals surface area contributed by atoms with Crippen molar-refractivity contribution in [2.24, 2.45) is 5.73 Å². The number of hydrogen-bond acceptors (Lipinski definition) is 3.